The third kappa shape index (κ3) is 21.8. The van der Waals surface area contributed by atoms with Gasteiger partial charge >= 0.3 is 0 Å². The Balaban J connectivity index is 0.000000137. The van der Waals surface area contributed by atoms with E-state index in [9.17, 15) is 0 Å². The van der Waals surface area contributed by atoms with Gasteiger partial charge in [0.1, 0.15) is 53.3 Å². The summed E-state index contributed by atoms with van der Waals surface area (Å²) in [5.41, 5.74) is 45.9. The molecule has 0 radical (unpaired) electrons. The molecule has 0 aliphatic carbocycles. The lowest BCUT2D eigenvalue weighted by atomic mass is 9.94. The highest BCUT2D eigenvalue weighted by molar-refractivity contribution is 5.98. The fraction of sp³-hybridized carbons (Fsp3) is 0.311. The monoisotopic (exact) mass is 1780 g/mol. The van der Waals surface area contributed by atoms with E-state index in [0.29, 0.717) is 23.7 Å². The zero-order valence-corrected chi connectivity index (χ0v) is 86.0. The normalized spacial score (nSPS) is 11.3. The molecule has 0 fully saturated rings. The van der Waals surface area contributed by atoms with Crippen molar-refractivity contribution in [2.45, 2.75) is 205 Å². The van der Waals surface area contributed by atoms with Gasteiger partial charge in [0.15, 0.2) is 37.2 Å². The van der Waals surface area contributed by atoms with E-state index in [-0.39, 0.29) is 0 Å². The molecule has 18 aromatic rings. The number of benzene rings is 6. The Hall–Kier alpha value is -13.3. The van der Waals surface area contributed by atoms with E-state index in [0.717, 1.165) is 29.6 Å². The van der Waals surface area contributed by atoms with Crippen molar-refractivity contribution < 1.29 is 27.4 Å². The van der Waals surface area contributed by atoms with Gasteiger partial charge in [-0.3, -0.25) is 19.9 Å². The SMILES string of the molecule is Cc1cc(C)c(C)c(-c2c3cc(CC(C)C)ncc3cc[n+]2C)c1.Cc1cc(C)c(C)c(-c2c3cnc(C(C)C)cc3cc[n+]2C)c1.Cc1cc(C)c(C)c(-c2c3cnc(CC(C)C)cc3cc[n+]2C)c1.Cc1cc(C)c(C)c(-c2c3cnccc3cc[n+]2C)c1.Cc1cc(C)c(C)c(-c2c3ncc(C(C)C)cc3cc[n+]2C)c1.Cc1cc(C)c(C)c(-c2c3ncccc3cc[n+]2C)c1. The van der Waals surface area contributed by atoms with Gasteiger partial charge in [0.05, 0.1) is 54.9 Å². The fourth-order valence-electron chi connectivity index (χ4n) is 18.9. The van der Waals surface area contributed by atoms with Gasteiger partial charge < -0.3 is 0 Å². The van der Waals surface area contributed by atoms with Gasteiger partial charge in [-0.1, -0.05) is 131 Å². The lowest BCUT2D eigenvalue weighted by molar-refractivity contribution is -0.659. The third-order valence-electron chi connectivity index (χ3n) is 26.9. The van der Waals surface area contributed by atoms with Crippen LogP contribution in [0.3, 0.4) is 0 Å². The van der Waals surface area contributed by atoms with E-state index in [1.807, 2.05) is 43.2 Å². The number of pyridine rings is 12. The largest absolute Gasteiger partial charge is 0.264 e. The Kier molecular flexibility index (Phi) is 30.7. The summed E-state index contributed by atoms with van der Waals surface area (Å²) in [6.45, 7) is 57.0. The second kappa shape index (κ2) is 41.9. The van der Waals surface area contributed by atoms with Crippen LogP contribution in [-0.4, -0.2) is 29.9 Å². The summed E-state index contributed by atoms with van der Waals surface area (Å²) < 4.78 is 13.2. The average molecular weight is 1780 g/mol. The quantitative estimate of drug-likeness (QED) is 0.113. The number of aromatic nitrogens is 12. The summed E-state index contributed by atoms with van der Waals surface area (Å²) in [6, 6.07) is 55.3. The first-order valence-electron chi connectivity index (χ1n) is 47.7. The van der Waals surface area contributed by atoms with Crippen molar-refractivity contribution >= 4 is 64.9 Å². The predicted molar refractivity (Wildman–Crippen MR) is 561 cm³/mol. The summed E-state index contributed by atoms with van der Waals surface area (Å²) in [7, 11) is 12.6. The van der Waals surface area contributed by atoms with Gasteiger partial charge in [-0.05, 0) is 322 Å². The minimum Gasteiger partial charge on any atom is -0.264 e. The van der Waals surface area contributed by atoms with Crippen molar-refractivity contribution in [2.24, 2.45) is 54.1 Å². The summed E-state index contributed by atoms with van der Waals surface area (Å²) in [5, 5.41) is 12.3. The topological polar surface area (TPSA) is 101 Å². The maximum atomic E-state index is 4.82. The molecule has 0 aliphatic rings. The van der Waals surface area contributed by atoms with E-state index in [1.54, 1.807) is 0 Å². The maximum absolute atomic E-state index is 4.82. The van der Waals surface area contributed by atoms with Crippen molar-refractivity contribution in [2.75, 3.05) is 0 Å². The zero-order valence-electron chi connectivity index (χ0n) is 86.0. The Morgan fingerprint density at radius 1 is 0.246 bits per heavy atom. The van der Waals surface area contributed by atoms with Crippen molar-refractivity contribution in [3.8, 4) is 67.5 Å². The second-order valence-corrected chi connectivity index (χ2v) is 39.5. The first-order chi connectivity index (χ1) is 63.6. The number of hydrogen-bond donors (Lipinski definition) is 0. The van der Waals surface area contributed by atoms with Crippen LogP contribution in [-0.2, 0) is 55.1 Å². The Bertz CT molecular complexity index is 7200. The van der Waals surface area contributed by atoms with Crippen LogP contribution in [0.25, 0.3) is 132 Å². The van der Waals surface area contributed by atoms with Gasteiger partial charge in [0.2, 0.25) is 34.2 Å². The van der Waals surface area contributed by atoms with Crippen LogP contribution in [0.4, 0.5) is 0 Å². The van der Waals surface area contributed by atoms with Gasteiger partial charge in [-0.15, -0.1) is 0 Å². The molecule has 0 bridgehead atoms. The van der Waals surface area contributed by atoms with Crippen molar-refractivity contribution in [3.05, 3.63) is 355 Å². The molecule has 12 nitrogen and oxygen atoms in total. The number of fused-ring (bicyclic) bond motifs is 6. The number of nitrogens with zero attached hydrogens (tertiary/aromatic N) is 12. The Morgan fingerprint density at radius 2 is 0.575 bits per heavy atom. The van der Waals surface area contributed by atoms with Crippen LogP contribution in [0.5, 0.6) is 0 Å². The van der Waals surface area contributed by atoms with Crippen LogP contribution < -0.4 is 27.4 Å². The Labute approximate surface area is 798 Å². The van der Waals surface area contributed by atoms with Gasteiger partial charge in [-0.25, -0.2) is 28.2 Å². The molecule has 18 rings (SSSR count). The van der Waals surface area contributed by atoms with Crippen molar-refractivity contribution in [1.82, 2.24) is 29.9 Å². The van der Waals surface area contributed by atoms with Crippen molar-refractivity contribution in [1.29, 1.82) is 0 Å². The molecule has 12 heteroatoms. The molecule has 0 unspecified atom stereocenters. The van der Waals surface area contributed by atoms with E-state index in [1.165, 1.54) is 238 Å². The van der Waals surface area contributed by atoms with Gasteiger partial charge in [-0.2, -0.15) is 9.13 Å². The smallest absolute Gasteiger partial charge is 0.239 e. The van der Waals surface area contributed by atoms with Crippen LogP contribution in [0.2, 0.25) is 0 Å². The summed E-state index contributed by atoms with van der Waals surface area (Å²) in [4.78, 5) is 27.8. The third-order valence-corrected chi connectivity index (χ3v) is 26.9. The lowest BCUT2D eigenvalue weighted by Crippen LogP contribution is -2.31. The van der Waals surface area contributed by atoms with Crippen molar-refractivity contribution in [3.63, 3.8) is 0 Å². The van der Waals surface area contributed by atoms with Gasteiger partial charge in [0, 0.05) is 113 Å². The molecular formula is C122H142N12+6. The number of hydrogen-bond acceptors (Lipinski definition) is 6. The fourth-order valence-corrected chi connectivity index (χ4v) is 18.9. The molecule has 12 aromatic heterocycles. The second-order valence-electron chi connectivity index (χ2n) is 39.5. The predicted octanol–water partition coefficient (Wildman–Crippen LogP) is 26.6. The summed E-state index contributed by atoms with van der Waals surface area (Å²) in [5.74, 6) is 2.17. The molecule has 0 amide bonds. The molecule has 134 heavy (non-hydrogen) atoms. The maximum Gasteiger partial charge on any atom is 0.239 e. The molecule has 0 spiro atoms. The highest BCUT2D eigenvalue weighted by atomic mass is 15.0. The van der Waals surface area contributed by atoms with E-state index in [2.05, 4.69) is 454 Å². The molecule has 0 saturated heterocycles. The summed E-state index contributed by atoms with van der Waals surface area (Å²) in [6.07, 6.45) is 28.7. The molecule has 0 saturated carbocycles. The highest BCUT2D eigenvalue weighted by Gasteiger charge is 2.27. The molecule has 12 heterocycles. The number of aryl methyl sites for hydroxylation is 18. The van der Waals surface area contributed by atoms with Crippen LogP contribution in [0, 0.1) is 136 Å². The molecule has 684 valence electrons. The summed E-state index contributed by atoms with van der Waals surface area (Å²) >= 11 is 0. The van der Waals surface area contributed by atoms with E-state index in [4.69, 9.17) is 15.0 Å². The standard InChI is InChI=1S/2C22H27N2.2C21H25N2.2C18H19N2/c1-14(2)9-19-12-21-18(13-23-19)7-8-24(6)22(21)20-11-15(3)10-16(4)17(20)5;1-14(2)9-19-12-18-7-8-24(6)22(21(18)13-23-19)20-11-15(3)10-16(4)17(20)5;1-13(2)18-11-17-7-8-23(6)21(20(17)22-12-18)19-10-14(3)9-15(4)16(19)5;1-13(2)20-11-17-7-8-23(6)21(19(17)12-22-20)18-10-14(3)9-15(4)16(18)5;1-12-9-13(2)14(3)16(10-12)18-17-11-19-7-5-15(17)6-8-20(18)4;1-12-10-13(2)14(3)16(11-12)18-17-15(6-5-8-19-17)7-9-20(18)4/h2*7-8,10-14H,9H2,1-6H3;2*7-13H,1-6H3;2*5-11H,1-4H3/q6*+1. The highest BCUT2D eigenvalue weighted by Crippen LogP contribution is 2.38. The van der Waals surface area contributed by atoms with Crippen LogP contribution in [0.1, 0.15) is 190 Å². The Morgan fingerprint density at radius 3 is 0.978 bits per heavy atom. The first kappa shape index (κ1) is 98.2. The molecule has 6 aromatic carbocycles. The minimum absolute atomic E-state index is 0.444. The first-order valence-corrected chi connectivity index (χ1v) is 47.7. The number of rotatable bonds is 12. The molecular weight excluding hydrogens is 1630 g/mol. The zero-order chi connectivity index (χ0) is 96.9. The van der Waals surface area contributed by atoms with E-state index >= 15 is 0 Å². The van der Waals surface area contributed by atoms with Crippen LogP contribution in [0.15, 0.2) is 232 Å². The molecule has 0 aliphatic heterocycles. The van der Waals surface area contributed by atoms with E-state index < -0.39 is 0 Å². The average Bonchev–Trinajstić information content (AvgIpc) is 0.790. The molecule has 0 N–H and O–H groups in total. The lowest BCUT2D eigenvalue weighted by Gasteiger charge is -2.12. The molecule has 0 atom stereocenters. The van der Waals surface area contributed by atoms with Crippen LogP contribution >= 0.6 is 0 Å². The van der Waals surface area contributed by atoms with Gasteiger partial charge in [0.25, 0.3) is 0 Å². The minimum atomic E-state index is 0.444.